The predicted molar refractivity (Wildman–Crippen MR) is 92.6 cm³/mol. The zero-order valence-corrected chi connectivity index (χ0v) is 14.3. The summed E-state index contributed by atoms with van der Waals surface area (Å²) in [6.07, 6.45) is 0. The van der Waals surface area contributed by atoms with E-state index in [2.05, 4.69) is 25.2 Å². The number of amides is 1. The van der Waals surface area contributed by atoms with Gasteiger partial charge in [-0.1, -0.05) is 24.3 Å². The van der Waals surface area contributed by atoms with E-state index < -0.39 is 12.5 Å². The number of methoxy groups -OCH3 is 1. The van der Waals surface area contributed by atoms with Gasteiger partial charge in [0.05, 0.1) is 24.8 Å². The van der Waals surface area contributed by atoms with Crippen molar-refractivity contribution >= 4 is 5.91 Å². The van der Waals surface area contributed by atoms with E-state index in [0.717, 1.165) is 0 Å². The molecule has 3 rings (SSSR count). The number of hydrogen-bond acceptors (Lipinski definition) is 5. The third-order valence-electron chi connectivity index (χ3n) is 3.64. The second-order valence-corrected chi connectivity index (χ2v) is 5.36. The highest BCUT2D eigenvalue weighted by molar-refractivity contribution is 5.96. The molecule has 0 aliphatic carbocycles. The Balaban J connectivity index is 1.70. The first kappa shape index (κ1) is 18.3. The number of aromatic amines is 1. The topological polar surface area (TPSA) is 89.1 Å². The number of nitrogens with zero attached hydrogens (tertiary/aromatic N) is 2. The van der Waals surface area contributed by atoms with E-state index in [1.807, 2.05) is 18.2 Å². The van der Waals surface area contributed by atoms with Crippen molar-refractivity contribution in [1.82, 2.24) is 20.5 Å². The summed E-state index contributed by atoms with van der Waals surface area (Å²) in [7, 11) is 1.55. The van der Waals surface area contributed by atoms with Gasteiger partial charge < -0.3 is 14.8 Å². The molecule has 0 saturated carbocycles. The molecule has 1 aromatic heterocycles. The van der Waals surface area contributed by atoms with Crippen molar-refractivity contribution in [1.29, 1.82) is 0 Å². The van der Waals surface area contributed by atoms with E-state index in [1.54, 1.807) is 19.2 Å². The predicted octanol–water partition coefficient (Wildman–Crippen LogP) is 3.01. The number of alkyl halides is 2. The van der Waals surface area contributed by atoms with Crippen molar-refractivity contribution in [3.63, 3.8) is 0 Å². The highest BCUT2D eigenvalue weighted by atomic mass is 19.3. The minimum atomic E-state index is -3.02. The number of nitrogens with one attached hydrogen (secondary N) is 2. The van der Waals surface area contributed by atoms with Crippen LogP contribution >= 0.6 is 0 Å². The highest BCUT2D eigenvalue weighted by Gasteiger charge is 2.16. The fourth-order valence-electron chi connectivity index (χ4n) is 2.44. The zero-order valence-electron chi connectivity index (χ0n) is 14.3. The van der Waals surface area contributed by atoms with Crippen LogP contribution in [0.3, 0.4) is 0 Å². The van der Waals surface area contributed by atoms with Crippen molar-refractivity contribution in [2.75, 3.05) is 7.11 Å². The van der Waals surface area contributed by atoms with Crippen LogP contribution in [0.2, 0.25) is 0 Å². The standard InChI is InChI=1S/C18H16F2N4O3/c1-26-13-8-4-2-6-11(13)16-22-15(23-24-16)10-21-17(25)12-7-3-5-9-14(12)27-18(19)20/h2-9,18H,10H2,1H3,(H,21,25)(H,22,23,24). The van der Waals surface area contributed by atoms with Crippen LogP contribution in [-0.4, -0.2) is 34.8 Å². The van der Waals surface area contributed by atoms with Crippen LogP contribution in [0.15, 0.2) is 48.5 Å². The van der Waals surface area contributed by atoms with Crippen LogP contribution in [0, 0.1) is 0 Å². The van der Waals surface area contributed by atoms with E-state index in [4.69, 9.17) is 4.74 Å². The molecule has 0 bridgehead atoms. The third-order valence-corrected chi connectivity index (χ3v) is 3.64. The molecule has 0 aliphatic rings. The average molecular weight is 374 g/mol. The molecule has 2 N–H and O–H groups in total. The second-order valence-electron chi connectivity index (χ2n) is 5.36. The van der Waals surface area contributed by atoms with Crippen LogP contribution in [0.25, 0.3) is 11.4 Å². The molecule has 0 radical (unpaired) electrons. The number of H-pyrrole nitrogens is 1. The summed E-state index contributed by atoms with van der Waals surface area (Å²) in [5, 5.41) is 9.43. The molecule has 0 aliphatic heterocycles. The summed E-state index contributed by atoms with van der Waals surface area (Å²) in [6.45, 7) is -2.99. The maximum absolute atomic E-state index is 12.5. The monoisotopic (exact) mass is 374 g/mol. The number of carbonyl (C=O) groups is 1. The number of benzene rings is 2. The van der Waals surface area contributed by atoms with Gasteiger partial charge in [0.2, 0.25) is 0 Å². The lowest BCUT2D eigenvalue weighted by molar-refractivity contribution is -0.0501. The molecule has 9 heteroatoms. The van der Waals surface area contributed by atoms with Gasteiger partial charge in [0.1, 0.15) is 17.3 Å². The molecule has 27 heavy (non-hydrogen) atoms. The summed E-state index contributed by atoms with van der Waals surface area (Å²) in [4.78, 5) is 16.6. The largest absolute Gasteiger partial charge is 0.496 e. The first-order chi connectivity index (χ1) is 13.1. The lowest BCUT2D eigenvalue weighted by Crippen LogP contribution is -2.24. The van der Waals surface area contributed by atoms with Gasteiger partial charge in [-0.2, -0.15) is 13.9 Å². The number of carbonyl (C=O) groups excluding carboxylic acids is 1. The molecule has 0 unspecified atom stereocenters. The minimum Gasteiger partial charge on any atom is -0.496 e. The first-order valence-corrected chi connectivity index (χ1v) is 7.95. The van der Waals surface area contributed by atoms with Gasteiger partial charge in [-0.3, -0.25) is 9.89 Å². The molecule has 3 aromatic rings. The molecule has 7 nitrogen and oxygen atoms in total. The van der Waals surface area contributed by atoms with Crippen LogP contribution in [0.1, 0.15) is 16.2 Å². The summed E-state index contributed by atoms with van der Waals surface area (Å²) < 4.78 is 34.5. The van der Waals surface area contributed by atoms with Crippen molar-refractivity contribution < 1.29 is 23.0 Å². The van der Waals surface area contributed by atoms with Crippen LogP contribution < -0.4 is 14.8 Å². The normalized spacial score (nSPS) is 10.7. The second kappa shape index (κ2) is 8.26. The number of halogens is 2. The lowest BCUT2D eigenvalue weighted by atomic mass is 10.2. The van der Waals surface area contributed by atoms with Gasteiger partial charge in [-0.05, 0) is 24.3 Å². The average Bonchev–Trinajstić information content (AvgIpc) is 3.15. The van der Waals surface area contributed by atoms with Crippen molar-refractivity contribution in [2.24, 2.45) is 0 Å². The SMILES string of the molecule is COc1ccccc1-c1n[nH]c(CNC(=O)c2ccccc2OC(F)F)n1. The van der Waals surface area contributed by atoms with Crippen LogP contribution in [0.4, 0.5) is 8.78 Å². The quantitative estimate of drug-likeness (QED) is 0.664. The van der Waals surface area contributed by atoms with Gasteiger partial charge in [0.25, 0.3) is 5.91 Å². The first-order valence-electron chi connectivity index (χ1n) is 7.95. The Kier molecular flexibility index (Phi) is 5.60. The Hall–Kier alpha value is -3.49. The van der Waals surface area contributed by atoms with E-state index in [9.17, 15) is 13.6 Å². The fraction of sp³-hybridized carbons (Fsp3) is 0.167. The fourth-order valence-corrected chi connectivity index (χ4v) is 2.44. The van der Waals surface area contributed by atoms with E-state index >= 15 is 0 Å². The van der Waals surface area contributed by atoms with Gasteiger partial charge in [0, 0.05) is 0 Å². The number of hydrogen-bond donors (Lipinski definition) is 2. The Morgan fingerprint density at radius 1 is 1.15 bits per heavy atom. The Morgan fingerprint density at radius 3 is 2.59 bits per heavy atom. The summed E-state index contributed by atoms with van der Waals surface area (Å²) in [6, 6.07) is 13.0. The van der Waals surface area contributed by atoms with Crippen LogP contribution in [-0.2, 0) is 6.54 Å². The molecule has 1 amide bonds. The van der Waals surface area contributed by atoms with E-state index in [0.29, 0.717) is 23.0 Å². The molecule has 0 fully saturated rings. The molecule has 0 saturated heterocycles. The minimum absolute atomic E-state index is 0.00210. The molecular weight excluding hydrogens is 358 g/mol. The van der Waals surface area contributed by atoms with E-state index in [-0.39, 0.29) is 17.9 Å². The van der Waals surface area contributed by atoms with Gasteiger partial charge in [-0.15, -0.1) is 0 Å². The van der Waals surface area contributed by atoms with Crippen molar-refractivity contribution in [3.05, 3.63) is 59.9 Å². The molecular formula is C18H16F2N4O3. The van der Waals surface area contributed by atoms with Crippen molar-refractivity contribution in [2.45, 2.75) is 13.2 Å². The van der Waals surface area contributed by atoms with Gasteiger partial charge >= 0.3 is 6.61 Å². The van der Waals surface area contributed by atoms with Crippen LogP contribution in [0.5, 0.6) is 11.5 Å². The number of para-hydroxylation sites is 2. The zero-order chi connectivity index (χ0) is 19.2. The maximum Gasteiger partial charge on any atom is 0.387 e. The molecule has 2 aromatic carbocycles. The van der Waals surface area contributed by atoms with E-state index in [1.165, 1.54) is 18.2 Å². The van der Waals surface area contributed by atoms with Crippen molar-refractivity contribution in [3.8, 4) is 22.9 Å². The summed E-state index contributed by atoms with van der Waals surface area (Å²) in [5.41, 5.74) is 0.701. The summed E-state index contributed by atoms with van der Waals surface area (Å²) >= 11 is 0. The lowest BCUT2D eigenvalue weighted by Gasteiger charge is -2.10. The smallest absolute Gasteiger partial charge is 0.387 e. The highest BCUT2D eigenvalue weighted by Crippen LogP contribution is 2.26. The third kappa shape index (κ3) is 4.38. The maximum atomic E-state index is 12.5. The Bertz CT molecular complexity index is 930. The van der Waals surface area contributed by atoms with Gasteiger partial charge in [-0.25, -0.2) is 4.98 Å². The van der Waals surface area contributed by atoms with Gasteiger partial charge in [0.15, 0.2) is 5.82 Å². The Labute approximate surface area is 153 Å². The summed E-state index contributed by atoms with van der Waals surface area (Å²) in [5.74, 6) is 0.665. The number of rotatable bonds is 7. The molecule has 0 spiro atoms. The molecule has 1 heterocycles. The molecule has 0 atom stereocenters. The number of aromatic nitrogens is 3. The number of ether oxygens (including phenoxy) is 2. The molecule has 140 valence electrons. The Morgan fingerprint density at radius 2 is 1.85 bits per heavy atom.